The van der Waals surface area contributed by atoms with Crippen molar-refractivity contribution < 1.29 is 4.79 Å². The summed E-state index contributed by atoms with van der Waals surface area (Å²) in [4.78, 5) is 12.8. The maximum atomic E-state index is 12.8. The van der Waals surface area contributed by atoms with E-state index in [9.17, 15) is 4.79 Å². The Morgan fingerprint density at radius 1 is 1.06 bits per heavy atom. The molecule has 0 saturated heterocycles. The number of benzene rings is 2. The molecule has 0 bridgehead atoms. The van der Waals surface area contributed by atoms with Gasteiger partial charge in [0, 0.05) is 12.8 Å². The minimum absolute atomic E-state index is 0.232. The van der Waals surface area contributed by atoms with E-state index in [2.05, 4.69) is 29.4 Å². The molecular weight excluding hydrogens is 475 g/mol. The lowest BCUT2D eigenvalue weighted by atomic mass is 10.0. The van der Waals surface area contributed by atoms with Gasteiger partial charge in [0.25, 0.3) is 5.91 Å². The average Bonchev–Trinajstić information content (AvgIpc) is 3.08. The van der Waals surface area contributed by atoms with E-state index in [1.165, 1.54) is 0 Å². The summed E-state index contributed by atoms with van der Waals surface area (Å²) in [5.74, 6) is 1.49. The quantitative estimate of drug-likeness (QED) is 0.357. The highest BCUT2D eigenvalue weighted by molar-refractivity contribution is 7.98. The monoisotopic (exact) mass is 496 g/mol. The molecular formula is C22H23Cl3N4OS. The lowest BCUT2D eigenvalue weighted by molar-refractivity contribution is 0.0929. The van der Waals surface area contributed by atoms with Crippen LogP contribution in [0.3, 0.4) is 0 Å². The summed E-state index contributed by atoms with van der Waals surface area (Å²) in [7, 11) is 1.90. The number of amides is 1. The lowest BCUT2D eigenvalue weighted by Gasteiger charge is -2.20. The van der Waals surface area contributed by atoms with Crippen molar-refractivity contribution in [2.45, 2.75) is 37.2 Å². The van der Waals surface area contributed by atoms with Gasteiger partial charge in [0.05, 0.1) is 26.7 Å². The van der Waals surface area contributed by atoms with E-state index in [0.29, 0.717) is 38.1 Å². The molecule has 1 atom stereocenters. The zero-order valence-corrected chi connectivity index (χ0v) is 20.5. The summed E-state index contributed by atoms with van der Waals surface area (Å²) in [5.41, 5.74) is 1.48. The predicted octanol–water partition coefficient (Wildman–Crippen LogP) is 6.58. The van der Waals surface area contributed by atoms with Crippen LogP contribution < -0.4 is 5.32 Å². The zero-order chi connectivity index (χ0) is 22.5. The van der Waals surface area contributed by atoms with Gasteiger partial charge in [-0.2, -0.15) is 0 Å². The Bertz CT molecular complexity index is 1070. The SMILES string of the molecule is CC(C)C[C@@H](NC(=O)c1ccccc1Cl)c1nnc(SCc2ccc(Cl)c(Cl)c2)n1C. The molecule has 3 aromatic rings. The molecule has 31 heavy (non-hydrogen) atoms. The molecule has 0 fully saturated rings. The highest BCUT2D eigenvalue weighted by atomic mass is 35.5. The summed E-state index contributed by atoms with van der Waals surface area (Å²) >= 11 is 19.8. The molecule has 0 aliphatic rings. The molecule has 1 N–H and O–H groups in total. The Balaban J connectivity index is 1.77. The largest absolute Gasteiger partial charge is 0.342 e. The van der Waals surface area contributed by atoms with E-state index in [4.69, 9.17) is 34.8 Å². The smallest absolute Gasteiger partial charge is 0.253 e. The predicted molar refractivity (Wildman–Crippen MR) is 128 cm³/mol. The van der Waals surface area contributed by atoms with Gasteiger partial charge in [-0.1, -0.05) is 78.6 Å². The number of nitrogens with zero attached hydrogens (tertiary/aromatic N) is 3. The number of hydrogen-bond acceptors (Lipinski definition) is 4. The van der Waals surface area contributed by atoms with Crippen molar-refractivity contribution in [2.24, 2.45) is 13.0 Å². The number of carbonyl (C=O) groups is 1. The number of aromatic nitrogens is 3. The fraction of sp³-hybridized carbons (Fsp3) is 0.318. The van der Waals surface area contributed by atoms with Gasteiger partial charge in [-0.25, -0.2) is 0 Å². The topological polar surface area (TPSA) is 59.8 Å². The van der Waals surface area contributed by atoms with Crippen molar-refractivity contribution in [1.29, 1.82) is 0 Å². The Hall–Kier alpha value is -1.73. The van der Waals surface area contributed by atoms with Crippen LogP contribution in [-0.2, 0) is 12.8 Å². The van der Waals surface area contributed by atoms with E-state index >= 15 is 0 Å². The minimum atomic E-state index is -0.291. The number of carbonyl (C=O) groups excluding carboxylic acids is 1. The van der Waals surface area contributed by atoms with Crippen molar-refractivity contribution >= 4 is 52.5 Å². The zero-order valence-electron chi connectivity index (χ0n) is 17.4. The first-order valence-corrected chi connectivity index (χ1v) is 11.9. The van der Waals surface area contributed by atoms with Gasteiger partial charge in [0.1, 0.15) is 0 Å². The van der Waals surface area contributed by atoms with Crippen LogP contribution in [0.15, 0.2) is 47.6 Å². The van der Waals surface area contributed by atoms with Gasteiger partial charge in [0.2, 0.25) is 0 Å². The molecule has 0 unspecified atom stereocenters. The van der Waals surface area contributed by atoms with Gasteiger partial charge in [-0.15, -0.1) is 10.2 Å². The second-order valence-electron chi connectivity index (χ2n) is 7.57. The maximum absolute atomic E-state index is 12.8. The normalized spacial score (nSPS) is 12.2. The van der Waals surface area contributed by atoms with Gasteiger partial charge in [0.15, 0.2) is 11.0 Å². The molecule has 1 amide bonds. The molecule has 9 heteroatoms. The number of thioether (sulfide) groups is 1. The Morgan fingerprint density at radius 2 is 1.81 bits per heavy atom. The van der Waals surface area contributed by atoms with Crippen molar-refractivity contribution in [3.8, 4) is 0 Å². The fourth-order valence-corrected chi connectivity index (χ4v) is 4.52. The first kappa shape index (κ1) is 23.9. The molecule has 164 valence electrons. The third-order valence-electron chi connectivity index (χ3n) is 4.66. The molecule has 5 nitrogen and oxygen atoms in total. The molecule has 0 spiro atoms. The van der Waals surface area contributed by atoms with Gasteiger partial charge in [-0.3, -0.25) is 4.79 Å². The number of nitrogens with one attached hydrogen (secondary N) is 1. The first-order valence-electron chi connectivity index (χ1n) is 9.77. The first-order chi connectivity index (χ1) is 14.8. The van der Waals surface area contributed by atoms with Crippen LogP contribution in [0, 0.1) is 5.92 Å². The second-order valence-corrected chi connectivity index (χ2v) is 9.74. The number of rotatable bonds is 8. The molecule has 2 aromatic carbocycles. The van der Waals surface area contributed by atoms with E-state index < -0.39 is 0 Å². The maximum Gasteiger partial charge on any atom is 0.253 e. The van der Waals surface area contributed by atoms with Crippen LogP contribution >= 0.6 is 46.6 Å². The van der Waals surface area contributed by atoms with Gasteiger partial charge < -0.3 is 9.88 Å². The van der Waals surface area contributed by atoms with Gasteiger partial charge in [-0.05, 0) is 42.2 Å². The molecule has 0 radical (unpaired) electrons. The van der Waals surface area contributed by atoms with Gasteiger partial charge >= 0.3 is 0 Å². The molecule has 1 heterocycles. The van der Waals surface area contributed by atoms with Crippen molar-refractivity contribution in [2.75, 3.05) is 0 Å². The van der Waals surface area contributed by atoms with Crippen LogP contribution in [-0.4, -0.2) is 20.7 Å². The van der Waals surface area contributed by atoms with E-state index in [0.717, 1.165) is 17.1 Å². The molecule has 3 rings (SSSR count). The Morgan fingerprint density at radius 3 is 2.48 bits per heavy atom. The third kappa shape index (κ3) is 6.16. The summed E-state index contributed by atoms with van der Waals surface area (Å²) in [5, 5.41) is 14.0. The second kappa shape index (κ2) is 10.7. The Kier molecular flexibility index (Phi) is 8.28. The highest BCUT2D eigenvalue weighted by Gasteiger charge is 2.24. The van der Waals surface area contributed by atoms with Crippen LogP contribution in [0.25, 0.3) is 0 Å². The number of halogens is 3. The minimum Gasteiger partial charge on any atom is -0.342 e. The van der Waals surface area contributed by atoms with Crippen LogP contribution in [0.1, 0.15) is 48.1 Å². The highest BCUT2D eigenvalue weighted by Crippen LogP contribution is 2.29. The van der Waals surface area contributed by atoms with Crippen LogP contribution in [0.5, 0.6) is 0 Å². The average molecular weight is 498 g/mol. The molecule has 0 aliphatic carbocycles. The summed E-state index contributed by atoms with van der Waals surface area (Å²) in [6, 6.07) is 12.3. The van der Waals surface area contributed by atoms with Crippen molar-refractivity contribution in [3.63, 3.8) is 0 Å². The summed E-state index contributed by atoms with van der Waals surface area (Å²) < 4.78 is 1.92. The van der Waals surface area contributed by atoms with Crippen molar-refractivity contribution in [1.82, 2.24) is 20.1 Å². The number of hydrogen-bond donors (Lipinski definition) is 1. The third-order valence-corrected chi connectivity index (χ3v) is 6.82. The van der Waals surface area contributed by atoms with Crippen LogP contribution in [0.4, 0.5) is 0 Å². The molecule has 0 saturated carbocycles. The Labute approximate surface area is 201 Å². The molecule has 1 aromatic heterocycles. The van der Waals surface area contributed by atoms with Crippen LogP contribution in [0.2, 0.25) is 15.1 Å². The van der Waals surface area contributed by atoms with E-state index in [1.54, 1.807) is 42.1 Å². The molecule has 0 aliphatic heterocycles. The lowest BCUT2D eigenvalue weighted by Crippen LogP contribution is -2.31. The fourth-order valence-electron chi connectivity index (χ4n) is 3.11. The van der Waals surface area contributed by atoms with E-state index in [1.807, 2.05) is 23.7 Å². The summed E-state index contributed by atoms with van der Waals surface area (Å²) in [6.07, 6.45) is 0.722. The standard InChI is InChI=1S/C22H23Cl3N4OS/c1-13(2)10-19(26-21(30)15-6-4-5-7-16(15)23)20-27-28-22(29(20)3)31-12-14-8-9-17(24)18(25)11-14/h4-9,11,13,19H,10,12H2,1-3H3,(H,26,30)/t19-/m1/s1. The van der Waals surface area contributed by atoms with E-state index in [-0.39, 0.29) is 11.9 Å². The summed E-state index contributed by atoms with van der Waals surface area (Å²) in [6.45, 7) is 4.20. The van der Waals surface area contributed by atoms with Crippen molar-refractivity contribution in [3.05, 3.63) is 74.5 Å².